The Balaban J connectivity index is 2.29. The average Bonchev–Trinajstić information content (AvgIpc) is 2.44. The van der Waals surface area contributed by atoms with Crippen molar-refractivity contribution >= 4 is 21.9 Å². The zero-order valence-corrected chi connectivity index (χ0v) is 12.0. The quantitative estimate of drug-likeness (QED) is 0.833. The Morgan fingerprint density at radius 2 is 1.90 bits per heavy atom. The molecule has 0 spiro atoms. The fraction of sp³-hybridized carbons (Fsp3) is 0.0714. The van der Waals surface area contributed by atoms with E-state index >= 15 is 0 Å². The van der Waals surface area contributed by atoms with Gasteiger partial charge in [-0.25, -0.2) is 18.0 Å². The van der Waals surface area contributed by atoms with Crippen molar-refractivity contribution < 1.29 is 27.8 Å². The second kappa shape index (κ2) is 6.17. The summed E-state index contributed by atoms with van der Waals surface area (Å²) < 4.78 is 45.5. The number of carboxylic acid groups (broad SMARTS) is 1. The van der Waals surface area contributed by atoms with Crippen LogP contribution in [0.2, 0.25) is 0 Å². The van der Waals surface area contributed by atoms with E-state index in [0.717, 1.165) is 24.3 Å². The van der Waals surface area contributed by atoms with Crippen LogP contribution < -0.4 is 4.74 Å². The SMILES string of the molecule is O=C(O)c1cc(F)ccc1OCc1c(F)ccc(Br)c1F. The van der Waals surface area contributed by atoms with Crippen molar-refractivity contribution in [2.45, 2.75) is 6.61 Å². The molecule has 21 heavy (non-hydrogen) atoms. The molecule has 3 nitrogen and oxygen atoms in total. The van der Waals surface area contributed by atoms with E-state index in [9.17, 15) is 18.0 Å². The summed E-state index contributed by atoms with van der Waals surface area (Å²) in [6.45, 7) is -0.525. The number of benzene rings is 2. The van der Waals surface area contributed by atoms with E-state index in [1.807, 2.05) is 0 Å². The van der Waals surface area contributed by atoms with Gasteiger partial charge in [0.25, 0.3) is 0 Å². The fourth-order valence-electron chi connectivity index (χ4n) is 1.65. The first-order valence-electron chi connectivity index (χ1n) is 5.68. The number of aromatic carboxylic acids is 1. The lowest BCUT2D eigenvalue weighted by atomic mass is 10.2. The summed E-state index contributed by atoms with van der Waals surface area (Å²) in [5.41, 5.74) is -0.782. The molecule has 2 aromatic carbocycles. The topological polar surface area (TPSA) is 46.5 Å². The van der Waals surface area contributed by atoms with Crippen molar-refractivity contribution in [3.8, 4) is 5.75 Å². The Kier molecular flexibility index (Phi) is 4.52. The number of hydrogen-bond acceptors (Lipinski definition) is 2. The zero-order valence-electron chi connectivity index (χ0n) is 10.4. The molecule has 0 aromatic heterocycles. The Hall–Kier alpha value is -2.02. The van der Waals surface area contributed by atoms with Crippen LogP contribution in [0.4, 0.5) is 13.2 Å². The largest absolute Gasteiger partial charge is 0.488 e. The maximum absolute atomic E-state index is 13.7. The van der Waals surface area contributed by atoms with Gasteiger partial charge in [-0.3, -0.25) is 0 Å². The molecule has 110 valence electrons. The minimum absolute atomic E-state index is 0.0556. The molecule has 0 bridgehead atoms. The highest BCUT2D eigenvalue weighted by Crippen LogP contribution is 2.25. The molecule has 1 N–H and O–H groups in total. The van der Waals surface area contributed by atoms with Crippen LogP contribution in [0.25, 0.3) is 0 Å². The van der Waals surface area contributed by atoms with Gasteiger partial charge in [0.2, 0.25) is 0 Å². The summed E-state index contributed by atoms with van der Waals surface area (Å²) in [6, 6.07) is 5.11. The van der Waals surface area contributed by atoms with Crippen LogP contribution in [0.5, 0.6) is 5.75 Å². The third kappa shape index (κ3) is 3.36. The highest BCUT2D eigenvalue weighted by Gasteiger charge is 2.16. The molecule has 0 unspecified atom stereocenters. The molecule has 7 heteroatoms. The summed E-state index contributed by atoms with van der Waals surface area (Å²) >= 11 is 2.91. The summed E-state index contributed by atoms with van der Waals surface area (Å²) in [6.07, 6.45) is 0. The molecule has 0 fully saturated rings. The van der Waals surface area contributed by atoms with E-state index in [1.165, 1.54) is 6.07 Å². The summed E-state index contributed by atoms with van der Waals surface area (Å²) in [5, 5.41) is 8.94. The molecule has 2 aromatic rings. The summed E-state index contributed by atoms with van der Waals surface area (Å²) in [7, 11) is 0. The van der Waals surface area contributed by atoms with Crippen molar-refractivity contribution in [1.82, 2.24) is 0 Å². The maximum atomic E-state index is 13.7. The Bertz CT molecular complexity index is 704. The van der Waals surface area contributed by atoms with E-state index in [4.69, 9.17) is 9.84 Å². The smallest absolute Gasteiger partial charge is 0.339 e. The van der Waals surface area contributed by atoms with E-state index < -0.39 is 35.6 Å². The number of carboxylic acids is 1. The molecule has 0 aliphatic heterocycles. The third-order valence-corrected chi connectivity index (χ3v) is 3.30. The molecule has 0 heterocycles. The average molecular weight is 361 g/mol. The van der Waals surface area contributed by atoms with Gasteiger partial charge in [0.1, 0.15) is 35.4 Å². The monoisotopic (exact) mass is 360 g/mol. The highest BCUT2D eigenvalue weighted by atomic mass is 79.9. The predicted octanol–water partition coefficient (Wildman–Crippen LogP) is 4.14. The Morgan fingerprint density at radius 1 is 1.19 bits per heavy atom. The van der Waals surface area contributed by atoms with Crippen LogP contribution >= 0.6 is 15.9 Å². The van der Waals surface area contributed by atoms with Crippen LogP contribution in [-0.2, 0) is 6.61 Å². The standard InChI is InChI=1S/C14H8BrF3O3/c15-10-2-3-11(17)9(13(10)18)6-21-12-4-1-7(16)5-8(12)14(19)20/h1-5H,6H2,(H,19,20). The van der Waals surface area contributed by atoms with Gasteiger partial charge < -0.3 is 9.84 Å². The Labute approximate surface area is 126 Å². The van der Waals surface area contributed by atoms with Crippen LogP contribution in [0.3, 0.4) is 0 Å². The number of ether oxygens (including phenoxy) is 1. The fourth-order valence-corrected chi connectivity index (χ4v) is 2.02. The number of halogens is 4. The lowest BCUT2D eigenvalue weighted by molar-refractivity contribution is 0.0691. The first-order chi connectivity index (χ1) is 9.90. The lowest BCUT2D eigenvalue weighted by Gasteiger charge is -2.11. The first-order valence-corrected chi connectivity index (χ1v) is 6.47. The molecular weight excluding hydrogens is 353 g/mol. The van der Waals surface area contributed by atoms with Gasteiger partial charge in [-0.15, -0.1) is 0 Å². The van der Waals surface area contributed by atoms with Gasteiger partial charge in [0.05, 0.1) is 10.0 Å². The number of hydrogen-bond donors (Lipinski definition) is 1. The molecular formula is C14H8BrF3O3. The van der Waals surface area contributed by atoms with Gasteiger partial charge >= 0.3 is 5.97 Å². The van der Waals surface area contributed by atoms with Crippen LogP contribution in [0.15, 0.2) is 34.8 Å². The zero-order chi connectivity index (χ0) is 15.6. The molecule has 0 saturated carbocycles. The van der Waals surface area contributed by atoms with Crippen LogP contribution in [0.1, 0.15) is 15.9 Å². The maximum Gasteiger partial charge on any atom is 0.339 e. The van der Waals surface area contributed by atoms with Crippen molar-refractivity contribution in [2.24, 2.45) is 0 Å². The van der Waals surface area contributed by atoms with Gasteiger partial charge in [0, 0.05) is 0 Å². The minimum Gasteiger partial charge on any atom is -0.488 e. The van der Waals surface area contributed by atoms with Gasteiger partial charge in [0.15, 0.2) is 0 Å². The molecule has 2 rings (SSSR count). The van der Waals surface area contributed by atoms with E-state index in [2.05, 4.69) is 15.9 Å². The number of carbonyl (C=O) groups is 1. The van der Waals surface area contributed by atoms with Crippen LogP contribution in [-0.4, -0.2) is 11.1 Å². The van der Waals surface area contributed by atoms with Gasteiger partial charge in [-0.1, -0.05) is 0 Å². The molecule has 0 aliphatic carbocycles. The van der Waals surface area contributed by atoms with Crippen molar-refractivity contribution in [3.05, 3.63) is 63.4 Å². The van der Waals surface area contributed by atoms with Gasteiger partial charge in [-0.2, -0.15) is 0 Å². The molecule has 0 saturated heterocycles. The number of rotatable bonds is 4. The van der Waals surface area contributed by atoms with E-state index in [0.29, 0.717) is 0 Å². The summed E-state index contributed by atoms with van der Waals surface area (Å²) in [4.78, 5) is 11.0. The summed E-state index contributed by atoms with van der Waals surface area (Å²) in [5.74, 6) is -3.99. The third-order valence-electron chi connectivity index (χ3n) is 2.68. The molecule has 0 atom stereocenters. The molecule has 0 aliphatic rings. The molecule has 0 radical (unpaired) electrons. The van der Waals surface area contributed by atoms with Crippen molar-refractivity contribution in [2.75, 3.05) is 0 Å². The second-order valence-corrected chi connectivity index (χ2v) is 4.91. The van der Waals surface area contributed by atoms with Gasteiger partial charge in [-0.05, 0) is 46.3 Å². The predicted molar refractivity (Wildman–Crippen MR) is 71.7 cm³/mol. The van der Waals surface area contributed by atoms with Crippen LogP contribution in [0, 0.1) is 17.5 Å². The van der Waals surface area contributed by atoms with Crippen molar-refractivity contribution in [1.29, 1.82) is 0 Å². The highest BCUT2D eigenvalue weighted by molar-refractivity contribution is 9.10. The molecule has 0 amide bonds. The van der Waals surface area contributed by atoms with E-state index in [-0.39, 0.29) is 15.8 Å². The second-order valence-electron chi connectivity index (χ2n) is 4.06. The normalized spacial score (nSPS) is 10.5. The van der Waals surface area contributed by atoms with E-state index in [1.54, 1.807) is 0 Å². The van der Waals surface area contributed by atoms with Crippen molar-refractivity contribution in [3.63, 3.8) is 0 Å². The lowest BCUT2D eigenvalue weighted by Crippen LogP contribution is -2.07. The Morgan fingerprint density at radius 3 is 2.57 bits per heavy atom. The minimum atomic E-state index is -1.40. The first kappa shape index (κ1) is 15.4.